The van der Waals surface area contributed by atoms with Gasteiger partial charge in [0.15, 0.2) is 0 Å². The SMILES string of the molecule is Cc1cc(CN2CCNCC23CCCCC3)ccc1F. The average Bonchev–Trinajstić information content (AvgIpc) is 2.47. The highest BCUT2D eigenvalue weighted by Gasteiger charge is 2.39. The fourth-order valence-electron chi connectivity index (χ4n) is 3.86. The van der Waals surface area contributed by atoms with E-state index >= 15 is 0 Å². The Labute approximate surface area is 121 Å². The Morgan fingerprint density at radius 3 is 2.80 bits per heavy atom. The van der Waals surface area contributed by atoms with Gasteiger partial charge < -0.3 is 5.32 Å². The summed E-state index contributed by atoms with van der Waals surface area (Å²) in [6.45, 7) is 6.11. The first-order valence-corrected chi connectivity index (χ1v) is 7.90. The minimum atomic E-state index is -0.0959. The third-order valence-corrected chi connectivity index (χ3v) is 5.06. The van der Waals surface area contributed by atoms with E-state index in [0.29, 0.717) is 5.54 Å². The highest BCUT2D eigenvalue weighted by atomic mass is 19.1. The van der Waals surface area contributed by atoms with Gasteiger partial charge in [-0.05, 0) is 37.0 Å². The van der Waals surface area contributed by atoms with Crippen molar-refractivity contribution < 1.29 is 4.39 Å². The van der Waals surface area contributed by atoms with Crippen molar-refractivity contribution in [3.63, 3.8) is 0 Å². The Hall–Kier alpha value is -0.930. The number of piperazine rings is 1. The van der Waals surface area contributed by atoms with E-state index in [1.165, 1.54) is 37.7 Å². The first-order chi connectivity index (χ1) is 9.70. The number of hydrogen-bond donors (Lipinski definition) is 1. The number of nitrogens with one attached hydrogen (secondary N) is 1. The van der Waals surface area contributed by atoms with E-state index in [1.807, 2.05) is 19.1 Å². The van der Waals surface area contributed by atoms with E-state index in [9.17, 15) is 4.39 Å². The van der Waals surface area contributed by atoms with Crippen LogP contribution in [0.2, 0.25) is 0 Å². The minimum absolute atomic E-state index is 0.0959. The molecule has 20 heavy (non-hydrogen) atoms. The molecular formula is C17H25FN2. The van der Waals surface area contributed by atoms with Crippen molar-refractivity contribution in [3.8, 4) is 0 Å². The van der Waals surface area contributed by atoms with Gasteiger partial charge in [-0.3, -0.25) is 4.90 Å². The van der Waals surface area contributed by atoms with E-state index in [0.717, 1.165) is 31.7 Å². The molecule has 3 rings (SSSR count). The summed E-state index contributed by atoms with van der Waals surface area (Å²) in [6, 6.07) is 5.56. The summed E-state index contributed by atoms with van der Waals surface area (Å²) in [5.41, 5.74) is 2.35. The van der Waals surface area contributed by atoms with Crippen molar-refractivity contribution in [1.82, 2.24) is 10.2 Å². The highest BCUT2D eigenvalue weighted by Crippen LogP contribution is 2.35. The molecule has 0 amide bonds. The first-order valence-electron chi connectivity index (χ1n) is 7.90. The zero-order valence-electron chi connectivity index (χ0n) is 12.4. The molecule has 1 saturated carbocycles. The van der Waals surface area contributed by atoms with E-state index < -0.39 is 0 Å². The van der Waals surface area contributed by atoms with Crippen molar-refractivity contribution in [3.05, 3.63) is 35.1 Å². The third kappa shape index (κ3) is 2.75. The molecule has 0 unspecified atom stereocenters. The molecule has 110 valence electrons. The highest BCUT2D eigenvalue weighted by molar-refractivity contribution is 5.24. The van der Waals surface area contributed by atoms with Gasteiger partial charge >= 0.3 is 0 Å². The number of hydrogen-bond acceptors (Lipinski definition) is 2. The molecule has 1 heterocycles. The summed E-state index contributed by atoms with van der Waals surface area (Å²) >= 11 is 0. The number of rotatable bonds is 2. The summed E-state index contributed by atoms with van der Waals surface area (Å²) in [5.74, 6) is -0.0959. The maximum atomic E-state index is 13.4. The predicted octanol–water partition coefficient (Wildman–Crippen LogP) is 3.24. The van der Waals surface area contributed by atoms with Gasteiger partial charge in [-0.2, -0.15) is 0 Å². The van der Waals surface area contributed by atoms with Gasteiger partial charge in [0.25, 0.3) is 0 Å². The molecule has 0 atom stereocenters. The molecule has 0 bridgehead atoms. The molecule has 1 aromatic rings. The zero-order chi connectivity index (χ0) is 14.0. The molecule has 1 aromatic carbocycles. The first kappa shape index (κ1) is 14.0. The van der Waals surface area contributed by atoms with E-state index in [-0.39, 0.29) is 5.82 Å². The number of aryl methyl sites for hydroxylation is 1. The summed E-state index contributed by atoms with van der Waals surface area (Å²) in [7, 11) is 0. The summed E-state index contributed by atoms with van der Waals surface area (Å²) < 4.78 is 13.4. The van der Waals surface area contributed by atoms with Crippen LogP contribution in [0.4, 0.5) is 4.39 Å². The second-order valence-corrected chi connectivity index (χ2v) is 6.47. The molecule has 1 N–H and O–H groups in total. The molecule has 1 spiro atoms. The quantitative estimate of drug-likeness (QED) is 0.892. The van der Waals surface area contributed by atoms with Crippen LogP contribution in [0.3, 0.4) is 0 Å². The molecular weight excluding hydrogens is 251 g/mol. The lowest BCUT2D eigenvalue weighted by atomic mass is 9.79. The average molecular weight is 276 g/mol. The van der Waals surface area contributed by atoms with Gasteiger partial charge in [0.2, 0.25) is 0 Å². The van der Waals surface area contributed by atoms with Crippen LogP contribution < -0.4 is 5.32 Å². The standard InChI is InChI=1S/C17H25FN2/c1-14-11-15(5-6-16(14)18)12-20-10-9-19-13-17(20)7-3-2-4-8-17/h5-6,11,19H,2-4,7-10,12-13H2,1H3. The lowest BCUT2D eigenvalue weighted by Crippen LogP contribution is -2.61. The van der Waals surface area contributed by atoms with Crippen LogP contribution in [0.15, 0.2) is 18.2 Å². The Kier molecular flexibility index (Phi) is 4.08. The van der Waals surface area contributed by atoms with Gasteiger partial charge in [-0.25, -0.2) is 4.39 Å². The maximum Gasteiger partial charge on any atom is 0.126 e. The van der Waals surface area contributed by atoms with Crippen molar-refractivity contribution in [1.29, 1.82) is 0 Å². The van der Waals surface area contributed by atoms with E-state index in [1.54, 1.807) is 6.07 Å². The smallest absolute Gasteiger partial charge is 0.126 e. The van der Waals surface area contributed by atoms with Crippen molar-refractivity contribution in [2.75, 3.05) is 19.6 Å². The predicted molar refractivity (Wildman–Crippen MR) is 80.2 cm³/mol. The Morgan fingerprint density at radius 2 is 2.05 bits per heavy atom. The monoisotopic (exact) mass is 276 g/mol. The topological polar surface area (TPSA) is 15.3 Å². The Balaban J connectivity index is 1.77. The van der Waals surface area contributed by atoms with Gasteiger partial charge in [0.1, 0.15) is 5.82 Å². The van der Waals surface area contributed by atoms with Gasteiger partial charge in [-0.1, -0.05) is 31.4 Å². The van der Waals surface area contributed by atoms with Crippen LogP contribution in [-0.4, -0.2) is 30.1 Å². The van der Waals surface area contributed by atoms with Crippen LogP contribution in [0.1, 0.15) is 43.2 Å². The van der Waals surface area contributed by atoms with Crippen LogP contribution in [-0.2, 0) is 6.54 Å². The van der Waals surface area contributed by atoms with Crippen molar-refractivity contribution >= 4 is 0 Å². The zero-order valence-corrected chi connectivity index (χ0v) is 12.4. The van der Waals surface area contributed by atoms with E-state index in [2.05, 4.69) is 10.2 Å². The summed E-state index contributed by atoms with van der Waals surface area (Å²) in [6.07, 6.45) is 6.69. The van der Waals surface area contributed by atoms with Crippen LogP contribution in [0, 0.1) is 12.7 Å². The summed E-state index contributed by atoms with van der Waals surface area (Å²) in [4.78, 5) is 2.65. The molecule has 2 aliphatic rings. The molecule has 1 saturated heterocycles. The van der Waals surface area contributed by atoms with Crippen LogP contribution in [0.5, 0.6) is 0 Å². The summed E-state index contributed by atoms with van der Waals surface area (Å²) in [5, 5.41) is 3.58. The normalized spacial score (nSPS) is 23.1. The molecule has 1 aliphatic heterocycles. The van der Waals surface area contributed by atoms with Crippen LogP contribution in [0.25, 0.3) is 0 Å². The van der Waals surface area contributed by atoms with Crippen molar-refractivity contribution in [2.24, 2.45) is 0 Å². The van der Waals surface area contributed by atoms with E-state index in [4.69, 9.17) is 0 Å². The number of halogens is 1. The van der Waals surface area contributed by atoms with Gasteiger partial charge in [-0.15, -0.1) is 0 Å². The molecule has 1 aliphatic carbocycles. The second kappa shape index (κ2) is 5.82. The number of benzene rings is 1. The fraction of sp³-hybridized carbons (Fsp3) is 0.647. The largest absolute Gasteiger partial charge is 0.314 e. The molecule has 0 aromatic heterocycles. The number of nitrogens with zero attached hydrogens (tertiary/aromatic N) is 1. The molecule has 0 radical (unpaired) electrons. The maximum absolute atomic E-state index is 13.4. The molecule has 3 heteroatoms. The minimum Gasteiger partial charge on any atom is -0.314 e. The van der Waals surface area contributed by atoms with Gasteiger partial charge in [0.05, 0.1) is 0 Å². The second-order valence-electron chi connectivity index (χ2n) is 6.47. The lowest BCUT2D eigenvalue weighted by molar-refractivity contribution is 0.0208. The van der Waals surface area contributed by atoms with Crippen LogP contribution >= 0.6 is 0 Å². The molecule has 2 nitrogen and oxygen atoms in total. The van der Waals surface area contributed by atoms with Gasteiger partial charge in [0, 0.05) is 31.7 Å². The lowest BCUT2D eigenvalue weighted by Gasteiger charge is -2.50. The molecule has 2 fully saturated rings. The van der Waals surface area contributed by atoms with Crippen molar-refractivity contribution in [2.45, 2.75) is 51.1 Å². The fourth-order valence-corrected chi connectivity index (χ4v) is 3.86. The third-order valence-electron chi connectivity index (χ3n) is 5.06. The Morgan fingerprint density at radius 1 is 1.25 bits per heavy atom. The Bertz CT molecular complexity index is 458.